The lowest BCUT2D eigenvalue weighted by Gasteiger charge is -2.47. The first-order valence-corrected chi connectivity index (χ1v) is 13.1. The molecule has 14 heavy (non-hydrogen) atoms. The largest absolute Gasteiger partial charge is 0.126 e. The van der Waals surface area contributed by atoms with E-state index in [1.165, 1.54) is 19.3 Å². The molecule has 0 spiro atoms. The van der Waals surface area contributed by atoms with Gasteiger partial charge in [0.2, 0.25) is 0 Å². The van der Waals surface area contributed by atoms with Crippen LogP contribution in [0, 0.1) is 0 Å². The van der Waals surface area contributed by atoms with Crippen LogP contribution in [0.4, 0.5) is 0 Å². The van der Waals surface area contributed by atoms with E-state index in [9.17, 15) is 0 Å². The van der Waals surface area contributed by atoms with Gasteiger partial charge in [-0.05, 0) is 6.42 Å². The van der Waals surface area contributed by atoms with Crippen molar-refractivity contribution in [3.63, 3.8) is 0 Å². The first-order chi connectivity index (χ1) is 6.06. The molecule has 0 N–H and O–H groups in total. The topological polar surface area (TPSA) is 0 Å². The monoisotopic (exact) mass is 250 g/mol. The number of hydrogen-bond donors (Lipinski definition) is 0. The van der Waals surface area contributed by atoms with Crippen LogP contribution in [-0.2, 0) is 0 Å². The summed E-state index contributed by atoms with van der Waals surface area (Å²) in [4.78, 5) is 0. The highest BCUT2D eigenvalue weighted by molar-refractivity contribution is 7.06. The molecule has 0 unspecified atom stereocenters. The van der Waals surface area contributed by atoms with E-state index in [1.807, 2.05) is 0 Å². The lowest BCUT2D eigenvalue weighted by atomic mass is 10.3. The lowest BCUT2D eigenvalue weighted by molar-refractivity contribution is 0.706. The second-order valence-electron chi connectivity index (χ2n) is 6.40. The molecule has 0 amide bonds. The number of hydrogen-bond acceptors (Lipinski definition) is 0. The summed E-state index contributed by atoms with van der Waals surface area (Å²) in [6, 6.07) is 0. The molecular weight excluding hydrogens is 224 g/mol. The predicted octanol–water partition coefficient (Wildman–Crippen LogP) is 4.91. The molecule has 0 saturated heterocycles. The van der Waals surface area contributed by atoms with Crippen molar-refractivity contribution in [3.05, 3.63) is 0 Å². The van der Waals surface area contributed by atoms with Crippen molar-refractivity contribution in [1.82, 2.24) is 0 Å². The lowest BCUT2D eigenvalue weighted by Crippen LogP contribution is -2.62. The van der Waals surface area contributed by atoms with Gasteiger partial charge in [-0.15, -0.1) is 11.6 Å². The van der Waals surface area contributed by atoms with Gasteiger partial charge in [0.05, 0.1) is 16.1 Å². The summed E-state index contributed by atoms with van der Waals surface area (Å²) >= 11 is 6.99. The van der Waals surface area contributed by atoms with Crippen LogP contribution in [-0.4, -0.2) is 20.3 Å². The van der Waals surface area contributed by atoms with E-state index in [2.05, 4.69) is 46.2 Å². The van der Waals surface area contributed by atoms with Gasteiger partial charge in [-0.2, -0.15) is 0 Å². The fraction of sp³-hybridized carbons (Fsp3) is 1.00. The minimum Gasteiger partial charge on any atom is -0.126 e. The highest BCUT2D eigenvalue weighted by Gasteiger charge is 2.50. The molecule has 0 nitrogen and oxygen atoms in total. The van der Waals surface area contributed by atoms with Crippen molar-refractivity contribution in [2.45, 2.75) is 69.6 Å². The summed E-state index contributed by atoms with van der Waals surface area (Å²) < 4.78 is 0.177. The zero-order valence-corrected chi connectivity index (χ0v) is 13.8. The van der Waals surface area contributed by atoms with Crippen molar-refractivity contribution in [1.29, 1.82) is 0 Å². The second kappa shape index (κ2) is 4.71. The van der Waals surface area contributed by atoms with Gasteiger partial charge in [-0.25, -0.2) is 0 Å². The van der Waals surface area contributed by atoms with Crippen LogP contribution in [0.3, 0.4) is 0 Å². The van der Waals surface area contributed by atoms with Crippen LogP contribution in [0.2, 0.25) is 39.3 Å². The van der Waals surface area contributed by atoms with Gasteiger partial charge in [0.15, 0.2) is 0 Å². The Balaban J connectivity index is 4.87. The fourth-order valence-electron chi connectivity index (χ4n) is 2.30. The van der Waals surface area contributed by atoms with E-state index in [0.717, 1.165) is 0 Å². The third kappa shape index (κ3) is 3.11. The van der Waals surface area contributed by atoms with Gasteiger partial charge >= 0.3 is 0 Å². The summed E-state index contributed by atoms with van der Waals surface area (Å²) in [6.45, 7) is 16.8. The zero-order valence-electron chi connectivity index (χ0n) is 11.0. The van der Waals surface area contributed by atoms with Gasteiger partial charge in [0.1, 0.15) is 0 Å². The predicted molar refractivity (Wildman–Crippen MR) is 74.8 cm³/mol. The maximum absolute atomic E-state index is 6.99. The molecule has 0 rings (SSSR count). The van der Waals surface area contributed by atoms with E-state index in [0.29, 0.717) is 0 Å². The highest BCUT2D eigenvalue weighted by atomic mass is 35.5. The number of unbranched alkanes of at least 4 members (excludes halogenated alkanes) is 1. The summed E-state index contributed by atoms with van der Waals surface area (Å²) in [5.74, 6) is 0. The Labute approximate surface area is 97.5 Å². The van der Waals surface area contributed by atoms with Crippen LogP contribution in [0.5, 0.6) is 0 Å². The maximum Gasteiger partial charge on any atom is 0.0651 e. The van der Waals surface area contributed by atoms with Crippen LogP contribution in [0.1, 0.15) is 26.2 Å². The smallest absolute Gasteiger partial charge is 0.0651 e. The molecule has 0 aliphatic rings. The van der Waals surface area contributed by atoms with Gasteiger partial charge in [-0.3, -0.25) is 0 Å². The quantitative estimate of drug-likeness (QED) is 0.481. The van der Waals surface area contributed by atoms with E-state index < -0.39 is 16.1 Å². The first-order valence-electron chi connectivity index (χ1n) is 5.75. The summed E-state index contributed by atoms with van der Waals surface area (Å²) in [6.07, 6.45) is 3.79. The Bertz CT molecular complexity index is 163. The van der Waals surface area contributed by atoms with E-state index in [4.69, 9.17) is 11.6 Å². The molecule has 3 heteroatoms. The molecule has 0 aromatic carbocycles. The number of halogens is 1. The van der Waals surface area contributed by atoms with Crippen molar-refractivity contribution < 1.29 is 0 Å². The molecule has 0 saturated carbocycles. The molecule has 0 aliphatic heterocycles. The molecule has 0 heterocycles. The van der Waals surface area contributed by atoms with Crippen LogP contribution < -0.4 is 0 Å². The molecule has 0 atom stereocenters. The van der Waals surface area contributed by atoms with Crippen molar-refractivity contribution in [2.75, 3.05) is 0 Å². The number of rotatable bonds is 5. The third-order valence-electron chi connectivity index (χ3n) is 3.25. The molecule has 0 aliphatic carbocycles. The maximum atomic E-state index is 6.99. The highest BCUT2D eigenvalue weighted by Crippen LogP contribution is 2.41. The molecular formula is C11H27ClSi2. The van der Waals surface area contributed by atoms with Crippen molar-refractivity contribution in [2.24, 2.45) is 0 Å². The van der Waals surface area contributed by atoms with Crippen molar-refractivity contribution in [3.8, 4) is 0 Å². The fourth-order valence-corrected chi connectivity index (χ4v) is 13.3. The molecule has 0 radical (unpaired) electrons. The van der Waals surface area contributed by atoms with Crippen molar-refractivity contribution >= 4 is 27.7 Å². The molecule has 0 aromatic heterocycles. The molecule has 0 fully saturated rings. The summed E-state index contributed by atoms with van der Waals surface area (Å²) in [5.41, 5.74) is 0. The van der Waals surface area contributed by atoms with Crippen LogP contribution in [0.15, 0.2) is 0 Å². The van der Waals surface area contributed by atoms with Crippen LogP contribution in [0.25, 0.3) is 0 Å². The minimum atomic E-state index is -1.26. The number of alkyl halides is 1. The average Bonchev–Trinajstić information content (AvgIpc) is 1.95. The van der Waals surface area contributed by atoms with E-state index in [1.54, 1.807) is 0 Å². The third-order valence-corrected chi connectivity index (χ3v) is 16.6. The van der Waals surface area contributed by atoms with Gasteiger partial charge in [-0.1, -0.05) is 59.0 Å². The zero-order chi connectivity index (χ0) is 11.6. The summed E-state index contributed by atoms with van der Waals surface area (Å²) in [5, 5.41) is 0. The molecule has 0 aromatic rings. The average molecular weight is 251 g/mol. The van der Waals surface area contributed by atoms with Gasteiger partial charge < -0.3 is 0 Å². The Morgan fingerprint density at radius 3 is 1.50 bits per heavy atom. The molecule has 0 bridgehead atoms. The SMILES string of the molecule is CCCCC(Cl)([Si](C)(C)C)[Si](C)(C)C. The minimum absolute atomic E-state index is 0.177. The second-order valence-corrected chi connectivity index (χ2v) is 18.9. The Morgan fingerprint density at radius 1 is 0.929 bits per heavy atom. The van der Waals surface area contributed by atoms with Crippen LogP contribution >= 0.6 is 11.6 Å². The van der Waals surface area contributed by atoms with E-state index in [-0.39, 0.29) is 4.12 Å². The Hall–Kier alpha value is 0.724. The Morgan fingerprint density at radius 2 is 1.29 bits per heavy atom. The van der Waals surface area contributed by atoms with Gasteiger partial charge in [0, 0.05) is 4.12 Å². The molecule has 86 valence electrons. The normalized spacial score (nSPS) is 14.6. The Kier molecular flexibility index (Phi) is 4.95. The van der Waals surface area contributed by atoms with Gasteiger partial charge in [0.25, 0.3) is 0 Å². The standard InChI is InChI=1S/C11H27ClSi2/c1-8-9-10-11(12,13(2,3)4)14(5,6)7/h8-10H2,1-7H3. The first kappa shape index (κ1) is 14.7. The summed E-state index contributed by atoms with van der Waals surface area (Å²) in [7, 11) is -2.51. The van der Waals surface area contributed by atoms with E-state index >= 15 is 0 Å².